The number of nitrogen functional groups attached to an aromatic ring is 1. The molecule has 2 rings (SSSR count). The van der Waals surface area contributed by atoms with Crippen molar-refractivity contribution >= 4 is 53.3 Å². The van der Waals surface area contributed by atoms with E-state index >= 15 is 0 Å². The molecule has 0 saturated carbocycles. The number of halogens is 3. The van der Waals surface area contributed by atoms with Gasteiger partial charge in [0.2, 0.25) is 0 Å². The second kappa shape index (κ2) is 5.71. The average Bonchev–Trinajstić information content (AvgIpc) is 2.32. The molecule has 0 saturated heterocycles. The van der Waals surface area contributed by atoms with E-state index in [0.29, 0.717) is 10.2 Å². The monoisotopic (exact) mass is 422 g/mol. The van der Waals surface area contributed by atoms with Crippen molar-refractivity contribution in [2.75, 3.05) is 10.5 Å². The molecule has 0 heterocycles. The predicted molar refractivity (Wildman–Crippen MR) is 83.5 cm³/mol. The number of sulfonamides is 1. The summed E-state index contributed by atoms with van der Waals surface area (Å²) in [4.78, 5) is -0.457. The molecule has 0 aromatic heterocycles. The predicted octanol–water partition coefficient (Wildman–Crippen LogP) is 3.73. The lowest BCUT2D eigenvalue weighted by Crippen LogP contribution is -2.15. The van der Waals surface area contributed by atoms with Crippen molar-refractivity contribution in [3.63, 3.8) is 0 Å². The molecule has 2 aromatic rings. The lowest BCUT2D eigenvalue weighted by molar-refractivity contribution is 0.571. The van der Waals surface area contributed by atoms with Gasteiger partial charge in [0.1, 0.15) is 10.7 Å². The van der Waals surface area contributed by atoms with Gasteiger partial charge in [-0.15, -0.1) is 0 Å². The highest BCUT2D eigenvalue weighted by Gasteiger charge is 2.20. The Balaban J connectivity index is 2.41. The highest BCUT2D eigenvalue weighted by atomic mass is 79.9. The molecule has 0 radical (unpaired) electrons. The Kier molecular flexibility index (Phi) is 4.36. The van der Waals surface area contributed by atoms with Gasteiger partial charge < -0.3 is 5.73 Å². The van der Waals surface area contributed by atoms with Crippen LogP contribution in [0.25, 0.3) is 0 Å². The third-order valence-corrected chi connectivity index (χ3v) is 4.97. The zero-order chi connectivity index (χ0) is 14.9. The molecule has 0 spiro atoms. The van der Waals surface area contributed by atoms with E-state index in [1.165, 1.54) is 6.07 Å². The maximum absolute atomic E-state index is 13.7. The van der Waals surface area contributed by atoms with Gasteiger partial charge in [0.05, 0.1) is 5.69 Å². The highest BCUT2D eigenvalue weighted by Crippen LogP contribution is 2.29. The second-order valence-electron chi connectivity index (χ2n) is 3.92. The van der Waals surface area contributed by atoms with E-state index in [4.69, 9.17) is 5.73 Å². The minimum atomic E-state index is -4.02. The summed E-state index contributed by atoms with van der Waals surface area (Å²) in [6, 6.07) is 8.32. The van der Waals surface area contributed by atoms with Gasteiger partial charge in [-0.3, -0.25) is 4.72 Å². The number of rotatable bonds is 3. The van der Waals surface area contributed by atoms with Crippen molar-refractivity contribution in [2.24, 2.45) is 0 Å². The molecule has 3 N–H and O–H groups in total. The van der Waals surface area contributed by atoms with Crippen LogP contribution < -0.4 is 10.5 Å². The molecular weight excluding hydrogens is 415 g/mol. The molecule has 0 fully saturated rings. The van der Waals surface area contributed by atoms with Gasteiger partial charge in [0, 0.05) is 14.6 Å². The first-order chi connectivity index (χ1) is 9.29. The Morgan fingerprint density at radius 2 is 1.80 bits per heavy atom. The molecule has 2 aromatic carbocycles. The molecule has 0 atom stereocenters. The standard InChI is InChI=1S/C12H9Br2FN2O2S/c13-7-1-3-11(9(14)5-7)17-20(18,19)12-4-2-8(16)6-10(12)15/h1-6,17H,16H2. The van der Waals surface area contributed by atoms with Gasteiger partial charge in [0.25, 0.3) is 10.0 Å². The van der Waals surface area contributed by atoms with Crippen molar-refractivity contribution in [1.82, 2.24) is 0 Å². The van der Waals surface area contributed by atoms with Crippen LogP contribution >= 0.6 is 31.9 Å². The van der Waals surface area contributed by atoms with E-state index in [2.05, 4.69) is 36.6 Å². The van der Waals surface area contributed by atoms with Crippen LogP contribution in [0.2, 0.25) is 0 Å². The maximum atomic E-state index is 13.7. The van der Waals surface area contributed by atoms with Gasteiger partial charge in [0.15, 0.2) is 0 Å². The molecule has 4 nitrogen and oxygen atoms in total. The van der Waals surface area contributed by atoms with Crippen molar-refractivity contribution < 1.29 is 12.8 Å². The molecule has 0 amide bonds. The molecule has 8 heteroatoms. The summed E-state index contributed by atoms with van der Waals surface area (Å²) in [6.45, 7) is 0. The normalized spacial score (nSPS) is 11.3. The van der Waals surface area contributed by atoms with Crippen LogP contribution in [0.3, 0.4) is 0 Å². The number of nitrogens with one attached hydrogen (secondary N) is 1. The van der Waals surface area contributed by atoms with Crippen molar-refractivity contribution in [3.05, 3.63) is 51.2 Å². The molecule has 0 aliphatic heterocycles. The Bertz CT molecular complexity index is 766. The Hall–Kier alpha value is -1.12. The van der Waals surface area contributed by atoms with Crippen molar-refractivity contribution in [2.45, 2.75) is 4.90 Å². The third-order valence-electron chi connectivity index (χ3n) is 2.42. The van der Waals surface area contributed by atoms with E-state index in [-0.39, 0.29) is 5.69 Å². The zero-order valence-electron chi connectivity index (χ0n) is 9.90. The van der Waals surface area contributed by atoms with Gasteiger partial charge >= 0.3 is 0 Å². The van der Waals surface area contributed by atoms with Crippen LogP contribution in [0.4, 0.5) is 15.8 Å². The summed E-state index contributed by atoms with van der Waals surface area (Å²) < 4.78 is 41.6. The first-order valence-electron chi connectivity index (χ1n) is 5.32. The summed E-state index contributed by atoms with van der Waals surface area (Å²) in [7, 11) is -4.02. The lowest BCUT2D eigenvalue weighted by Gasteiger charge is -2.11. The van der Waals surface area contributed by atoms with Crippen LogP contribution in [0.5, 0.6) is 0 Å². The van der Waals surface area contributed by atoms with E-state index in [1.807, 2.05) is 0 Å². The Morgan fingerprint density at radius 1 is 1.10 bits per heavy atom. The van der Waals surface area contributed by atoms with E-state index in [0.717, 1.165) is 16.6 Å². The van der Waals surface area contributed by atoms with Gasteiger partial charge in [-0.1, -0.05) is 15.9 Å². The lowest BCUT2D eigenvalue weighted by atomic mass is 10.3. The van der Waals surface area contributed by atoms with Crippen LogP contribution in [0.15, 0.2) is 50.2 Å². The Morgan fingerprint density at radius 3 is 2.40 bits per heavy atom. The van der Waals surface area contributed by atoms with E-state index in [9.17, 15) is 12.8 Å². The first kappa shape index (κ1) is 15.3. The second-order valence-corrected chi connectivity index (χ2v) is 7.34. The minimum absolute atomic E-state index is 0.159. The summed E-state index contributed by atoms with van der Waals surface area (Å²) in [5.41, 5.74) is 5.86. The van der Waals surface area contributed by atoms with Crippen LogP contribution in [0.1, 0.15) is 0 Å². The Labute approximate surface area is 132 Å². The van der Waals surface area contributed by atoms with Crippen molar-refractivity contribution in [3.8, 4) is 0 Å². The SMILES string of the molecule is Nc1ccc(S(=O)(=O)Nc2ccc(Br)cc2Br)c(F)c1. The van der Waals surface area contributed by atoms with Gasteiger partial charge in [-0.05, 0) is 52.3 Å². The molecule has 20 heavy (non-hydrogen) atoms. The third kappa shape index (κ3) is 3.31. The highest BCUT2D eigenvalue weighted by molar-refractivity contribution is 9.11. The minimum Gasteiger partial charge on any atom is -0.399 e. The van der Waals surface area contributed by atoms with Crippen LogP contribution in [0, 0.1) is 5.82 Å². The number of benzene rings is 2. The zero-order valence-corrected chi connectivity index (χ0v) is 13.9. The quantitative estimate of drug-likeness (QED) is 0.738. The number of anilines is 2. The van der Waals surface area contributed by atoms with E-state index in [1.54, 1.807) is 18.2 Å². The fourth-order valence-corrected chi connectivity index (χ4v) is 3.92. The topological polar surface area (TPSA) is 72.2 Å². The summed E-state index contributed by atoms with van der Waals surface area (Å²) in [5.74, 6) is -0.897. The van der Waals surface area contributed by atoms with Gasteiger partial charge in [-0.25, -0.2) is 12.8 Å². The fraction of sp³-hybridized carbons (Fsp3) is 0. The maximum Gasteiger partial charge on any atom is 0.264 e. The average molecular weight is 424 g/mol. The van der Waals surface area contributed by atoms with Crippen LogP contribution in [-0.4, -0.2) is 8.42 Å². The molecule has 106 valence electrons. The van der Waals surface area contributed by atoms with Crippen LogP contribution in [-0.2, 0) is 10.0 Å². The summed E-state index contributed by atoms with van der Waals surface area (Å²) in [5, 5.41) is 0. The van der Waals surface area contributed by atoms with E-state index < -0.39 is 20.7 Å². The van der Waals surface area contributed by atoms with Crippen molar-refractivity contribution in [1.29, 1.82) is 0 Å². The van der Waals surface area contributed by atoms with Gasteiger partial charge in [-0.2, -0.15) is 0 Å². The molecule has 0 aliphatic carbocycles. The summed E-state index contributed by atoms with van der Waals surface area (Å²) >= 11 is 6.49. The summed E-state index contributed by atoms with van der Waals surface area (Å²) in [6.07, 6.45) is 0. The first-order valence-corrected chi connectivity index (χ1v) is 8.39. The fourth-order valence-electron chi connectivity index (χ4n) is 1.51. The number of hydrogen-bond donors (Lipinski definition) is 2. The molecule has 0 aliphatic rings. The number of hydrogen-bond acceptors (Lipinski definition) is 3. The molecule has 0 unspecified atom stereocenters. The molecule has 0 bridgehead atoms. The molecular formula is C12H9Br2FN2O2S. The smallest absolute Gasteiger partial charge is 0.264 e. The number of nitrogens with two attached hydrogens (primary N) is 1. The largest absolute Gasteiger partial charge is 0.399 e.